The van der Waals surface area contributed by atoms with Crippen molar-refractivity contribution in [3.63, 3.8) is 0 Å². The number of esters is 1. The molecule has 0 amide bonds. The average molecular weight is 280 g/mol. The average Bonchev–Trinajstić information content (AvgIpc) is 2.46. The van der Waals surface area contributed by atoms with Gasteiger partial charge in [-0.15, -0.1) is 0 Å². The lowest BCUT2D eigenvalue weighted by molar-refractivity contribution is -0.164. The number of aryl methyl sites for hydroxylation is 1. The van der Waals surface area contributed by atoms with Gasteiger partial charge in [-0.2, -0.15) is 0 Å². The summed E-state index contributed by atoms with van der Waals surface area (Å²) in [5, 5.41) is 9.23. The standard InChI is InChI=1S/C15H20O5/c1-19-13(15(18)20-2)12(14(16)17)10-6-9-11-7-4-3-5-8-11/h3-5,7-8,12-13H,6,9-10H2,1-2H3,(H,16,17)/t12-,13+/m1/s1. The van der Waals surface area contributed by atoms with Crippen LogP contribution in [0.25, 0.3) is 0 Å². The highest BCUT2D eigenvalue weighted by Gasteiger charge is 2.34. The zero-order valence-electron chi connectivity index (χ0n) is 11.7. The van der Waals surface area contributed by atoms with E-state index in [0.717, 1.165) is 12.0 Å². The molecule has 0 aliphatic heterocycles. The highest BCUT2D eigenvalue weighted by Crippen LogP contribution is 2.18. The van der Waals surface area contributed by atoms with Gasteiger partial charge in [0.25, 0.3) is 0 Å². The van der Waals surface area contributed by atoms with Crippen LogP contribution in [0.3, 0.4) is 0 Å². The Kier molecular flexibility index (Phi) is 6.73. The minimum Gasteiger partial charge on any atom is -0.481 e. The highest BCUT2D eigenvalue weighted by atomic mass is 16.6. The number of rotatable bonds is 8. The van der Waals surface area contributed by atoms with E-state index in [0.29, 0.717) is 12.8 Å². The Bertz CT molecular complexity index is 429. The summed E-state index contributed by atoms with van der Waals surface area (Å²) in [6, 6.07) is 9.79. The topological polar surface area (TPSA) is 72.8 Å². The predicted octanol–water partition coefficient (Wildman–Crippen LogP) is 1.90. The predicted molar refractivity (Wildman–Crippen MR) is 73.3 cm³/mol. The number of carbonyl (C=O) groups is 2. The van der Waals surface area contributed by atoms with Gasteiger partial charge >= 0.3 is 11.9 Å². The fourth-order valence-electron chi connectivity index (χ4n) is 2.12. The smallest absolute Gasteiger partial charge is 0.335 e. The molecule has 5 heteroatoms. The summed E-state index contributed by atoms with van der Waals surface area (Å²) in [5.74, 6) is -2.59. The number of carboxylic acid groups (broad SMARTS) is 1. The summed E-state index contributed by atoms with van der Waals surface area (Å²) in [6.07, 6.45) is 0.728. The van der Waals surface area contributed by atoms with Gasteiger partial charge in [0.05, 0.1) is 13.0 Å². The van der Waals surface area contributed by atoms with Gasteiger partial charge in [0.2, 0.25) is 0 Å². The summed E-state index contributed by atoms with van der Waals surface area (Å²) < 4.78 is 9.55. The zero-order chi connectivity index (χ0) is 15.0. The number of aliphatic carboxylic acids is 1. The molecule has 2 atom stereocenters. The molecule has 1 aromatic rings. The van der Waals surface area contributed by atoms with E-state index in [1.165, 1.54) is 14.2 Å². The van der Waals surface area contributed by atoms with Crippen molar-refractivity contribution in [1.29, 1.82) is 0 Å². The molecule has 0 aromatic heterocycles. The van der Waals surface area contributed by atoms with Crippen LogP contribution in [0.4, 0.5) is 0 Å². The second-order valence-corrected chi connectivity index (χ2v) is 4.50. The molecule has 0 saturated heterocycles. The first kappa shape index (κ1) is 16.2. The maximum Gasteiger partial charge on any atom is 0.335 e. The van der Waals surface area contributed by atoms with Gasteiger partial charge in [-0.05, 0) is 24.8 Å². The van der Waals surface area contributed by atoms with Gasteiger partial charge in [-0.25, -0.2) is 4.79 Å². The Labute approximate surface area is 118 Å². The lowest BCUT2D eigenvalue weighted by Crippen LogP contribution is -2.37. The molecule has 0 spiro atoms. The normalized spacial score (nSPS) is 13.5. The summed E-state index contributed by atoms with van der Waals surface area (Å²) >= 11 is 0. The lowest BCUT2D eigenvalue weighted by atomic mass is 9.94. The van der Waals surface area contributed by atoms with Gasteiger partial charge in [0.1, 0.15) is 0 Å². The number of benzene rings is 1. The monoisotopic (exact) mass is 280 g/mol. The van der Waals surface area contributed by atoms with Gasteiger partial charge in [-0.1, -0.05) is 30.3 Å². The highest BCUT2D eigenvalue weighted by molar-refractivity contribution is 5.82. The largest absolute Gasteiger partial charge is 0.481 e. The summed E-state index contributed by atoms with van der Waals surface area (Å²) in [6.45, 7) is 0. The third-order valence-electron chi connectivity index (χ3n) is 3.19. The van der Waals surface area contributed by atoms with Crippen LogP contribution in [0, 0.1) is 5.92 Å². The van der Waals surface area contributed by atoms with Gasteiger partial charge < -0.3 is 14.6 Å². The number of carbonyl (C=O) groups excluding carboxylic acids is 1. The van der Waals surface area contributed by atoms with Gasteiger partial charge in [0.15, 0.2) is 6.10 Å². The Morgan fingerprint density at radius 2 is 1.85 bits per heavy atom. The molecule has 5 nitrogen and oxygen atoms in total. The molecular formula is C15H20O5. The molecule has 20 heavy (non-hydrogen) atoms. The molecule has 0 bridgehead atoms. The molecule has 1 aromatic carbocycles. The number of hydrogen-bond donors (Lipinski definition) is 1. The molecule has 110 valence electrons. The van der Waals surface area contributed by atoms with E-state index >= 15 is 0 Å². The molecule has 0 heterocycles. The lowest BCUT2D eigenvalue weighted by Gasteiger charge is -2.20. The zero-order valence-corrected chi connectivity index (χ0v) is 11.7. The van der Waals surface area contributed by atoms with Gasteiger partial charge in [0, 0.05) is 7.11 Å². The maximum atomic E-state index is 11.5. The van der Waals surface area contributed by atoms with Crippen LogP contribution >= 0.6 is 0 Å². The summed E-state index contributed by atoms with van der Waals surface area (Å²) in [5.41, 5.74) is 1.14. The van der Waals surface area contributed by atoms with E-state index < -0.39 is 24.0 Å². The van der Waals surface area contributed by atoms with Crippen molar-refractivity contribution in [2.24, 2.45) is 5.92 Å². The molecule has 0 unspecified atom stereocenters. The van der Waals surface area contributed by atoms with E-state index in [2.05, 4.69) is 4.74 Å². The number of hydrogen-bond acceptors (Lipinski definition) is 4. The molecule has 0 aliphatic carbocycles. The quantitative estimate of drug-likeness (QED) is 0.736. The van der Waals surface area contributed by atoms with Crippen LogP contribution < -0.4 is 0 Å². The van der Waals surface area contributed by atoms with Crippen molar-refractivity contribution in [2.45, 2.75) is 25.4 Å². The first-order valence-corrected chi connectivity index (χ1v) is 6.47. The van der Waals surface area contributed by atoms with Crippen molar-refractivity contribution in [3.8, 4) is 0 Å². The van der Waals surface area contributed by atoms with Gasteiger partial charge in [-0.3, -0.25) is 4.79 Å². The second-order valence-electron chi connectivity index (χ2n) is 4.50. The number of methoxy groups -OCH3 is 2. The summed E-state index contributed by atoms with van der Waals surface area (Å²) in [4.78, 5) is 22.8. The third-order valence-corrected chi connectivity index (χ3v) is 3.19. The minimum atomic E-state index is -1.06. The Morgan fingerprint density at radius 3 is 2.35 bits per heavy atom. The van der Waals surface area contributed by atoms with Crippen molar-refractivity contribution in [2.75, 3.05) is 14.2 Å². The molecule has 0 saturated carbocycles. The molecule has 0 radical (unpaired) electrons. The third kappa shape index (κ3) is 4.66. The van der Waals surface area contributed by atoms with Crippen molar-refractivity contribution < 1.29 is 24.2 Å². The van der Waals surface area contributed by atoms with Crippen LogP contribution in [0.15, 0.2) is 30.3 Å². The van der Waals surface area contributed by atoms with Crippen LogP contribution in [0.2, 0.25) is 0 Å². The van der Waals surface area contributed by atoms with Crippen LogP contribution in [-0.2, 0) is 25.5 Å². The molecule has 1 rings (SSSR count). The molecular weight excluding hydrogens is 260 g/mol. The fourth-order valence-corrected chi connectivity index (χ4v) is 2.12. The fraction of sp³-hybridized carbons (Fsp3) is 0.467. The number of ether oxygens (including phenoxy) is 2. The van der Waals surface area contributed by atoms with E-state index in [4.69, 9.17) is 4.74 Å². The van der Waals surface area contributed by atoms with E-state index in [9.17, 15) is 14.7 Å². The Balaban J connectivity index is 2.59. The Hall–Kier alpha value is -1.88. The number of carboxylic acids is 1. The maximum absolute atomic E-state index is 11.5. The van der Waals surface area contributed by atoms with E-state index in [1.54, 1.807) is 0 Å². The van der Waals surface area contributed by atoms with Crippen LogP contribution in [-0.4, -0.2) is 37.4 Å². The molecule has 0 fully saturated rings. The summed E-state index contributed by atoms with van der Waals surface area (Å²) in [7, 11) is 2.53. The SMILES string of the molecule is COC(=O)[C@@H](OC)[C@@H](CCCc1ccccc1)C(=O)O. The van der Waals surface area contributed by atoms with Crippen LogP contribution in [0.5, 0.6) is 0 Å². The second kappa shape index (κ2) is 8.32. The molecule has 0 aliphatic rings. The Morgan fingerprint density at radius 1 is 1.20 bits per heavy atom. The van der Waals surface area contributed by atoms with E-state index in [-0.39, 0.29) is 0 Å². The van der Waals surface area contributed by atoms with Crippen molar-refractivity contribution in [1.82, 2.24) is 0 Å². The van der Waals surface area contributed by atoms with E-state index in [1.807, 2.05) is 30.3 Å². The van der Waals surface area contributed by atoms with Crippen molar-refractivity contribution >= 4 is 11.9 Å². The van der Waals surface area contributed by atoms with Crippen LogP contribution in [0.1, 0.15) is 18.4 Å². The first-order valence-electron chi connectivity index (χ1n) is 6.47. The first-order chi connectivity index (χ1) is 9.60. The molecule has 1 N–H and O–H groups in total. The van der Waals surface area contributed by atoms with Crippen molar-refractivity contribution in [3.05, 3.63) is 35.9 Å². The minimum absolute atomic E-state index is 0.359.